The number of aromatic nitrogens is 4. The van der Waals surface area contributed by atoms with E-state index in [1.165, 1.54) is 31.1 Å². The van der Waals surface area contributed by atoms with Gasteiger partial charge in [-0.15, -0.1) is 0 Å². The van der Waals surface area contributed by atoms with Crippen LogP contribution in [0.25, 0.3) is 11.2 Å². The van der Waals surface area contributed by atoms with Gasteiger partial charge in [0, 0.05) is 6.08 Å². The number of esters is 2. The molecule has 0 amide bonds. The summed E-state index contributed by atoms with van der Waals surface area (Å²) in [5.74, 6) is -1.85. The summed E-state index contributed by atoms with van der Waals surface area (Å²) in [4.78, 5) is 36.5. The third-order valence-corrected chi connectivity index (χ3v) is 7.52. The van der Waals surface area contributed by atoms with Crippen LogP contribution in [0.4, 0.5) is 10.2 Å². The molecule has 1 aliphatic rings. The van der Waals surface area contributed by atoms with E-state index in [4.69, 9.17) is 24.7 Å². The maximum atomic E-state index is 14.8. The van der Waals surface area contributed by atoms with Gasteiger partial charge in [-0.05, 0) is 27.2 Å². The number of imidazole rings is 1. The Morgan fingerprint density at radius 3 is 2.53 bits per heavy atom. The average molecular weight is 558 g/mol. The first-order chi connectivity index (χ1) is 18.1. The molecule has 0 radical (unpaired) electrons. The third kappa shape index (κ3) is 7.32. The minimum Gasteiger partial charge on any atom is -0.465 e. The quantitative estimate of drug-likeness (QED) is 0.175. The maximum absolute atomic E-state index is 14.8. The predicted molar refractivity (Wildman–Crippen MR) is 134 cm³/mol. The van der Waals surface area contributed by atoms with Gasteiger partial charge in [0.25, 0.3) is 0 Å². The van der Waals surface area contributed by atoms with Crippen LogP contribution >= 0.6 is 7.44 Å². The largest absolute Gasteiger partial charge is 0.465 e. The second-order valence-corrected chi connectivity index (χ2v) is 10.8. The summed E-state index contributed by atoms with van der Waals surface area (Å²) >= 11 is 0. The lowest BCUT2D eigenvalue weighted by Gasteiger charge is -2.27. The van der Waals surface area contributed by atoms with Crippen LogP contribution < -0.4 is 15.9 Å². The number of halogens is 1. The van der Waals surface area contributed by atoms with Gasteiger partial charge in [-0.3, -0.25) is 18.7 Å². The van der Waals surface area contributed by atoms with E-state index in [2.05, 4.69) is 25.1 Å². The first-order valence-corrected chi connectivity index (χ1v) is 14.0. The number of unbranched alkanes of at least 4 members (excludes halogenated alkanes) is 1. The van der Waals surface area contributed by atoms with Crippen LogP contribution in [0, 0.1) is 0 Å². The van der Waals surface area contributed by atoms with Crippen molar-refractivity contribution < 1.29 is 37.5 Å². The first kappa shape index (κ1) is 29.6. The number of carbonyl (C=O) groups excluding carboxylic acids is 2. The standard InChI is InChI=1S/C22H33FN7O7P/c1-5-7-8-35-22(32)14(4)29-38(33,28-13(3)21(31)34-6-2)12-36-16-9-15(23)20(37-16)30-11-27-17-18(24)25-10-26-19(17)30/h9-11,13-14,16,20H,5-8,12H2,1-4H3,(H2,24,25,26)(H2,28,29,33)/t13-,14-,16-,20+,38?/m0/s1. The molecule has 3 heterocycles. The van der Waals surface area contributed by atoms with Crippen molar-refractivity contribution in [1.82, 2.24) is 29.7 Å². The van der Waals surface area contributed by atoms with Crippen LogP contribution in [0.15, 0.2) is 24.6 Å². The van der Waals surface area contributed by atoms with E-state index in [0.717, 1.165) is 12.5 Å². The summed E-state index contributed by atoms with van der Waals surface area (Å²) in [5, 5.41) is 5.33. The van der Waals surface area contributed by atoms with E-state index in [-0.39, 0.29) is 30.2 Å². The Labute approximate surface area is 218 Å². The van der Waals surface area contributed by atoms with Crippen molar-refractivity contribution in [2.24, 2.45) is 0 Å². The molecule has 0 aromatic carbocycles. The number of carbonyl (C=O) groups is 2. The minimum atomic E-state index is -3.81. The zero-order chi connectivity index (χ0) is 27.9. The van der Waals surface area contributed by atoms with E-state index in [1.807, 2.05) is 6.92 Å². The van der Waals surface area contributed by atoms with Crippen molar-refractivity contribution in [2.45, 2.75) is 65.1 Å². The predicted octanol–water partition coefficient (Wildman–Crippen LogP) is 2.15. The lowest BCUT2D eigenvalue weighted by molar-refractivity contribution is -0.145. The molecule has 2 aromatic rings. The van der Waals surface area contributed by atoms with Gasteiger partial charge >= 0.3 is 11.9 Å². The summed E-state index contributed by atoms with van der Waals surface area (Å²) in [5.41, 5.74) is 6.32. The molecule has 0 saturated carbocycles. The Kier molecular flexibility index (Phi) is 10.3. The van der Waals surface area contributed by atoms with Crippen LogP contribution in [0.3, 0.4) is 0 Å². The van der Waals surface area contributed by atoms with Gasteiger partial charge in [-0.25, -0.2) is 29.5 Å². The molecule has 4 N–H and O–H groups in total. The normalized spacial score (nSPS) is 20.5. The number of fused-ring (bicyclic) bond motifs is 1. The smallest absolute Gasteiger partial charge is 0.323 e. The number of nitrogens with zero attached hydrogens (tertiary/aromatic N) is 4. The Bertz CT molecular complexity index is 1210. The molecule has 1 unspecified atom stereocenters. The molecule has 5 atom stereocenters. The van der Waals surface area contributed by atoms with Gasteiger partial charge in [0.2, 0.25) is 7.44 Å². The minimum absolute atomic E-state index is 0.125. The lowest BCUT2D eigenvalue weighted by Crippen LogP contribution is -2.43. The highest BCUT2D eigenvalue weighted by atomic mass is 31.2. The number of nitrogens with two attached hydrogens (primary N) is 1. The number of nitrogens with one attached hydrogen (secondary N) is 2. The molecular formula is C22H33FN7O7P. The lowest BCUT2D eigenvalue weighted by atomic mass is 10.3. The summed E-state index contributed by atoms with van der Waals surface area (Å²) in [6, 6.07) is -2.01. The van der Waals surface area contributed by atoms with Gasteiger partial charge in [0.1, 0.15) is 30.3 Å². The van der Waals surface area contributed by atoms with Crippen molar-refractivity contribution >= 4 is 36.4 Å². The van der Waals surface area contributed by atoms with E-state index in [1.54, 1.807) is 6.92 Å². The Morgan fingerprint density at radius 2 is 1.87 bits per heavy atom. The highest BCUT2D eigenvalue weighted by molar-refractivity contribution is 7.59. The molecule has 38 heavy (non-hydrogen) atoms. The number of hydrogen-bond acceptors (Lipinski definition) is 11. The highest BCUT2D eigenvalue weighted by Crippen LogP contribution is 2.40. The highest BCUT2D eigenvalue weighted by Gasteiger charge is 2.36. The molecule has 0 aliphatic carbocycles. The van der Waals surface area contributed by atoms with Gasteiger partial charge in [-0.1, -0.05) is 13.3 Å². The number of anilines is 1. The van der Waals surface area contributed by atoms with Crippen molar-refractivity contribution in [2.75, 3.05) is 25.3 Å². The molecule has 210 valence electrons. The fourth-order valence-corrected chi connectivity index (χ4v) is 5.54. The molecule has 3 rings (SSSR count). The van der Waals surface area contributed by atoms with Gasteiger partial charge in [-0.2, -0.15) is 0 Å². The fourth-order valence-electron chi connectivity index (χ4n) is 3.50. The van der Waals surface area contributed by atoms with Crippen LogP contribution in [0.2, 0.25) is 0 Å². The van der Waals surface area contributed by atoms with E-state index in [9.17, 15) is 18.5 Å². The van der Waals surface area contributed by atoms with Crippen LogP contribution in [0.1, 0.15) is 46.8 Å². The molecule has 0 spiro atoms. The molecule has 16 heteroatoms. The molecule has 0 saturated heterocycles. The van der Waals surface area contributed by atoms with E-state index in [0.29, 0.717) is 6.42 Å². The maximum Gasteiger partial charge on any atom is 0.323 e. The number of rotatable bonds is 14. The van der Waals surface area contributed by atoms with Crippen molar-refractivity contribution in [3.63, 3.8) is 0 Å². The third-order valence-electron chi connectivity index (χ3n) is 5.39. The monoisotopic (exact) mass is 557 g/mol. The molecule has 2 aromatic heterocycles. The zero-order valence-electron chi connectivity index (χ0n) is 21.6. The van der Waals surface area contributed by atoms with Gasteiger partial charge in [0.05, 0.1) is 19.5 Å². The number of ether oxygens (including phenoxy) is 4. The molecule has 0 bridgehead atoms. The second-order valence-electron chi connectivity index (χ2n) is 8.50. The van der Waals surface area contributed by atoms with Crippen LogP contribution in [-0.2, 0) is 33.1 Å². The van der Waals surface area contributed by atoms with Crippen LogP contribution in [-0.4, -0.2) is 69.4 Å². The Balaban J connectivity index is 1.70. The molecule has 1 aliphatic heterocycles. The SMILES string of the molecule is CCCCOC(=O)[C@H](C)NP(=O)(CO[C@@H]1C=C(F)[C@H](n2cnc3c(N)ncnc32)O1)N[C@@H](C)C(=O)OCC. The Hall–Kier alpha value is -2.97. The molecule has 0 fully saturated rings. The van der Waals surface area contributed by atoms with Crippen molar-refractivity contribution in [1.29, 1.82) is 0 Å². The summed E-state index contributed by atoms with van der Waals surface area (Å²) in [7, 11) is -3.81. The van der Waals surface area contributed by atoms with Gasteiger partial charge < -0.3 is 24.7 Å². The van der Waals surface area contributed by atoms with Crippen molar-refractivity contribution in [3.05, 3.63) is 24.6 Å². The van der Waals surface area contributed by atoms with E-state index >= 15 is 0 Å². The molecular weight excluding hydrogens is 524 g/mol. The summed E-state index contributed by atoms with van der Waals surface area (Å²) < 4.78 is 51.3. The van der Waals surface area contributed by atoms with E-state index < -0.39 is 56.2 Å². The summed E-state index contributed by atoms with van der Waals surface area (Å²) in [6.45, 7) is 6.86. The first-order valence-electron chi connectivity index (χ1n) is 12.1. The number of nitrogen functional groups attached to an aromatic ring is 1. The van der Waals surface area contributed by atoms with Gasteiger partial charge in [0.15, 0.2) is 29.8 Å². The van der Waals surface area contributed by atoms with Crippen LogP contribution in [0.5, 0.6) is 0 Å². The second kappa shape index (κ2) is 13.2. The molecule has 14 nitrogen and oxygen atoms in total. The van der Waals surface area contributed by atoms with Crippen molar-refractivity contribution in [3.8, 4) is 0 Å². The Morgan fingerprint density at radius 1 is 1.18 bits per heavy atom. The zero-order valence-corrected chi connectivity index (χ0v) is 22.5. The fraction of sp³-hybridized carbons (Fsp3) is 0.591. The topological polar surface area (TPSA) is 182 Å². The number of hydrogen-bond donors (Lipinski definition) is 3. The summed E-state index contributed by atoms with van der Waals surface area (Å²) in [6.07, 6.45) is 2.02. The average Bonchev–Trinajstić information content (AvgIpc) is 3.46.